The van der Waals surface area contributed by atoms with Crippen molar-refractivity contribution in [3.8, 4) is 0 Å². The molecule has 2 heterocycles. The molecule has 0 spiro atoms. The Morgan fingerprint density at radius 3 is 2.67 bits per heavy atom. The quantitative estimate of drug-likeness (QED) is 0.703. The molecule has 0 amide bonds. The summed E-state index contributed by atoms with van der Waals surface area (Å²) in [6.45, 7) is 4.48. The fourth-order valence-electron chi connectivity index (χ4n) is 3.85. The summed E-state index contributed by atoms with van der Waals surface area (Å²) in [4.78, 5) is 12.8. The molecule has 1 fully saturated rings. The highest BCUT2D eigenvalue weighted by Gasteiger charge is 2.27. The Hall–Kier alpha value is -2.28. The first-order valence-corrected chi connectivity index (χ1v) is 9.46. The van der Waals surface area contributed by atoms with Crippen LogP contribution >= 0.6 is 0 Å². The van der Waals surface area contributed by atoms with Gasteiger partial charge in [-0.05, 0) is 36.2 Å². The molecule has 0 bridgehead atoms. The second kappa shape index (κ2) is 8.17. The molecular weight excluding hydrogens is 343 g/mol. The fourth-order valence-corrected chi connectivity index (χ4v) is 3.85. The van der Waals surface area contributed by atoms with Gasteiger partial charge in [0.1, 0.15) is 11.6 Å². The molecule has 5 nitrogen and oxygen atoms in total. The van der Waals surface area contributed by atoms with E-state index in [4.69, 9.17) is 0 Å². The number of aromatic nitrogens is 2. The summed E-state index contributed by atoms with van der Waals surface area (Å²) in [5, 5.41) is 9.50. The molecule has 1 aliphatic rings. The number of hydrogen-bond acceptors (Lipinski definition) is 4. The Labute approximate surface area is 158 Å². The van der Waals surface area contributed by atoms with Crippen molar-refractivity contribution in [2.45, 2.75) is 25.6 Å². The van der Waals surface area contributed by atoms with Crippen molar-refractivity contribution in [1.82, 2.24) is 19.8 Å². The first kappa shape index (κ1) is 18.1. The van der Waals surface area contributed by atoms with Gasteiger partial charge in [-0.3, -0.25) is 9.80 Å². The topological polar surface area (TPSA) is 55.4 Å². The van der Waals surface area contributed by atoms with Crippen molar-refractivity contribution in [2.24, 2.45) is 0 Å². The van der Waals surface area contributed by atoms with E-state index in [0.717, 1.165) is 61.6 Å². The van der Waals surface area contributed by atoms with Gasteiger partial charge >= 0.3 is 0 Å². The third-order valence-electron chi connectivity index (χ3n) is 5.26. The Kier molecular flexibility index (Phi) is 5.48. The number of rotatable bonds is 6. The molecule has 1 unspecified atom stereocenters. The minimum Gasteiger partial charge on any atom is -0.396 e. The van der Waals surface area contributed by atoms with Gasteiger partial charge < -0.3 is 10.1 Å². The van der Waals surface area contributed by atoms with Crippen LogP contribution in [0, 0.1) is 5.82 Å². The van der Waals surface area contributed by atoms with Crippen molar-refractivity contribution >= 4 is 11.0 Å². The minimum atomic E-state index is -0.207. The monoisotopic (exact) mass is 368 g/mol. The first-order chi connectivity index (χ1) is 13.2. The van der Waals surface area contributed by atoms with E-state index in [-0.39, 0.29) is 18.5 Å². The SMILES string of the molecule is OCCC1CN(Cc2nc3ccccc3[nH]2)CCN1Cc1ccc(F)cc1. The summed E-state index contributed by atoms with van der Waals surface area (Å²) >= 11 is 0. The molecule has 3 aromatic rings. The van der Waals surface area contributed by atoms with E-state index in [0.29, 0.717) is 0 Å². The van der Waals surface area contributed by atoms with Crippen LogP contribution in [0.4, 0.5) is 4.39 Å². The maximum atomic E-state index is 13.1. The zero-order valence-electron chi connectivity index (χ0n) is 15.3. The van der Waals surface area contributed by atoms with E-state index < -0.39 is 0 Å². The third-order valence-corrected chi connectivity index (χ3v) is 5.26. The Balaban J connectivity index is 1.41. The van der Waals surface area contributed by atoms with Crippen LogP contribution in [-0.2, 0) is 13.1 Å². The van der Waals surface area contributed by atoms with Crippen LogP contribution < -0.4 is 0 Å². The van der Waals surface area contributed by atoms with Gasteiger partial charge in [0.25, 0.3) is 0 Å². The molecule has 4 rings (SSSR count). The van der Waals surface area contributed by atoms with Crippen LogP contribution in [0.3, 0.4) is 0 Å². The number of fused-ring (bicyclic) bond motifs is 1. The number of H-pyrrole nitrogens is 1. The van der Waals surface area contributed by atoms with E-state index in [1.54, 1.807) is 0 Å². The lowest BCUT2D eigenvalue weighted by Gasteiger charge is -2.41. The number of hydrogen-bond donors (Lipinski definition) is 2. The molecule has 142 valence electrons. The summed E-state index contributed by atoms with van der Waals surface area (Å²) in [6, 6.07) is 15.0. The van der Waals surface area contributed by atoms with Gasteiger partial charge in [0.15, 0.2) is 0 Å². The lowest BCUT2D eigenvalue weighted by Crippen LogP contribution is -2.52. The number of benzene rings is 2. The summed E-state index contributed by atoms with van der Waals surface area (Å²) in [5.74, 6) is 0.771. The molecule has 27 heavy (non-hydrogen) atoms. The molecule has 1 atom stereocenters. The Morgan fingerprint density at radius 2 is 1.89 bits per heavy atom. The average molecular weight is 368 g/mol. The van der Waals surface area contributed by atoms with E-state index in [9.17, 15) is 9.50 Å². The first-order valence-electron chi connectivity index (χ1n) is 9.46. The van der Waals surface area contributed by atoms with Gasteiger partial charge in [-0.2, -0.15) is 0 Å². The van der Waals surface area contributed by atoms with Crippen LogP contribution in [-0.4, -0.2) is 57.2 Å². The number of piperazine rings is 1. The van der Waals surface area contributed by atoms with Crippen LogP contribution in [0.2, 0.25) is 0 Å². The van der Waals surface area contributed by atoms with Crippen molar-refractivity contribution in [2.75, 3.05) is 26.2 Å². The van der Waals surface area contributed by atoms with Crippen LogP contribution in [0.5, 0.6) is 0 Å². The second-order valence-corrected chi connectivity index (χ2v) is 7.20. The molecule has 2 aromatic carbocycles. The van der Waals surface area contributed by atoms with E-state index in [1.807, 2.05) is 36.4 Å². The molecule has 0 aliphatic carbocycles. The van der Waals surface area contributed by atoms with Gasteiger partial charge in [-0.15, -0.1) is 0 Å². The lowest BCUT2D eigenvalue weighted by molar-refractivity contribution is 0.0489. The van der Waals surface area contributed by atoms with E-state index in [1.165, 1.54) is 12.1 Å². The molecule has 1 saturated heterocycles. The molecule has 1 aliphatic heterocycles. The van der Waals surface area contributed by atoms with Crippen molar-refractivity contribution < 1.29 is 9.50 Å². The molecule has 0 radical (unpaired) electrons. The van der Waals surface area contributed by atoms with E-state index in [2.05, 4.69) is 19.8 Å². The summed E-state index contributed by atoms with van der Waals surface area (Å²) in [6.07, 6.45) is 0.734. The highest BCUT2D eigenvalue weighted by molar-refractivity contribution is 5.74. The second-order valence-electron chi connectivity index (χ2n) is 7.20. The zero-order valence-corrected chi connectivity index (χ0v) is 15.3. The predicted octanol–water partition coefficient (Wildman–Crippen LogP) is 2.77. The molecule has 6 heteroatoms. The Bertz CT molecular complexity index is 846. The highest BCUT2D eigenvalue weighted by Crippen LogP contribution is 2.19. The highest BCUT2D eigenvalue weighted by atomic mass is 19.1. The third kappa shape index (κ3) is 4.35. The van der Waals surface area contributed by atoms with Gasteiger partial charge in [0.05, 0.1) is 17.6 Å². The van der Waals surface area contributed by atoms with Crippen LogP contribution in [0.1, 0.15) is 17.8 Å². The van der Waals surface area contributed by atoms with Crippen LogP contribution in [0.25, 0.3) is 11.0 Å². The number of aromatic amines is 1. The number of aliphatic hydroxyl groups is 1. The summed E-state index contributed by atoms with van der Waals surface area (Å²) in [7, 11) is 0. The molecule has 2 N–H and O–H groups in total. The summed E-state index contributed by atoms with van der Waals surface area (Å²) < 4.78 is 13.1. The maximum Gasteiger partial charge on any atom is 0.123 e. The van der Waals surface area contributed by atoms with Gasteiger partial charge in [-0.1, -0.05) is 24.3 Å². The predicted molar refractivity (Wildman–Crippen MR) is 104 cm³/mol. The molecular formula is C21H25FN4O. The van der Waals surface area contributed by atoms with Gasteiger partial charge in [0.2, 0.25) is 0 Å². The number of nitrogens with one attached hydrogen (secondary N) is 1. The van der Waals surface area contributed by atoms with Gasteiger partial charge in [-0.25, -0.2) is 9.37 Å². The minimum absolute atomic E-state index is 0.170. The standard InChI is InChI=1S/C21H25FN4O/c22-17-7-5-16(6-8-17)13-26-11-10-25(14-18(26)9-12-27)15-21-23-19-3-1-2-4-20(19)24-21/h1-8,18,27H,9-15H2,(H,23,24). The van der Waals surface area contributed by atoms with Crippen molar-refractivity contribution in [1.29, 1.82) is 0 Å². The molecule has 0 saturated carbocycles. The number of para-hydroxylation sites is 2. The normalized spacial score (nSPS) is 19.0. The van der Waals surface area contributed by atoms with Gasteiger partial charge in [0, 0.05) is 38.8 Å². The lowest BCUT2D eigenvalue weighted by atomic mass is 10.1. The smallest absolute Gasteiger partial charge is 0.123 e. The number of nitrogens with zero attached hydrogens (tertiary/aromatic N) is 3. The average Bonchev–Trinajstić information content (AvgIpc) is 3.08. The number of halogens is 1. The van der Waals surface area contributed by atoms with Crippen molar-refractivity contribution in [3.05, 3.63) is 65.7 Å². The molecule has 1 aromatic heterocycles. The Morgan fingerprint density at radius 1 is 1.07 bits per heavy atom. The largest absolute Gasteiger partial charge is 0.396 e. The fraction of sp³-hybridized carbons (Fsp3) is 0.381. The number of aliphatic hydroxyl groups excluding tert-OH is 1. The van der Waals surface area contributed by atoms with Crippen LogP contribution in [0.15, 0.2) is 48.5 Å². The summed E-state index contributed by atoms with van der Waals surface area (Å²) in [5.41, 5.74) is 3.16. The van der Waals surface area contributed by atoms with Crippen molar-refractivity contribution in [3.63, 3.8) is 0 Å². The maximum absolute atomic E-state index is 13.1. The zero-order chi connectivity index (χ0) is 18.6. The van der Waals surface area contributed by atoms with E-state index >= 15 is 0 Å². The number of imidazole rings is 1.